The topological polar surface area (TPSA) is 105 Å². The maximum absolute atomic E-state index is 12.0. The third-order valence-corrected chi connectivity index (χ3v) is 4.61. The van der Waals surface area contributed by atoms with E-state index in [4.69, 9.17) is 0 Å². The smallest absolute Gasteiger partial charge is 0.236 e. The quantitative estimate of drug-likeness (QED) is 0.703. The van der Waals surface area contributed by atoms with Gasteiger partial charge < -0.3 is 5.32 Å². The van der Waals surface area contributed by atoms with Crippen LogP contribution in [0.1, 0.15) is 23.7 Å². The highest BCUT2D eigenvalue weighted by molar-refractivity contribution is 8.00. The predicted molar refractivity (Wildman–Crippen MR) is 94.2 cm³/mol. The number of nitriles is 1. The first-order valence-corrected chi connectivity index (χ1v) is 8.65. The Balaban J connectivity index is 1.77. The lowest BCUT2D eigenvalue weighted by molar-refractivity contribution is -0.113. The second-order valence-corrected chi connectivity index (χ2v) is 6.33. The van der Waals surface area contributed by atoms with E-state index >= 15 is 0 Å². The van der Waals surface area contributed by atoms with Crippen molar-refractivity contribution >= 4 is 34.4 Å². The molecule has 0 radical (unpaired) electrons. The van der Waals surface area contributed by atoms with Crippen molar-refractivity contribution in [2.75, 3.05) is 11.1 Å². The summed E-state index contributed by atoms with van der Waals surface area (Å²) in [6.45, 7) is 3.76. The van der Waals surface area contributed by atoms with Crippen LogP contribution < -0.4 is 5.32 Å². The monoisotopic (exact) mass is 353 g/mol. The van der Waals surface area contributed by atoms with Crippen LogP contribution >= 0.6 is 11.8 Å². The Morgan fingerprint density at radius 2 is 2.20 bits per heavy atom. The first-order chi connectivity index (χ1) is 12.1. The Hall–Kier alpha value is -2.92. The molecule has 3 rings (SSSR count). The van der Waals surface area contributed by atoms with E-state index in [-0.39, 0.29) is 11.7 Å². The summed E-state index contributed by atoms with van der Waals surface area (Å²) in [4.78, 5) is 16.6. The normalized spacial score (nSPS) is 10.6. The van der Waals surface area contributed by atoms with Crippen LogP contribution in [0, 0.1) is 18.3 Å². The van der Waals surface area contributed by atoms with Crippen molar-refractivity contribution in [3.63, 3.8) is 0 Å². The van der Waals surface area contributed by atoms with Gasteiger partial charge in [-0.1, -0.05) is 29.9 Å². The van der Waals surface area contributed by atoms with Crippen molar-refractivity contribution in [2.45, 2.75) is 25.3 Å². The zero-order chi connectivity index (χ0) is 17.8. The van der Waals surface area contributed by atoms with Gasteiger partial charge in [0.15, 0.2) is 5.82 Å². The average molecular weight is 353 g/mol. The summed E-state index contributed by atoms with van der Waals surface area (Å²) in [5, 5.41) is 20.7. The molecule has 0 bridgehead atoms. The third kappa shape index (κ3) is 3.78. The number of nitrogens with zero attached hydrogens (tertiary/aromatic N) is 4. The van der Waals surface area contributed by atoms with Crippen molar-refractivity contribution in [3.8, 4) is 6.07 Å². The molecule has 0 saturated heterocycles. The number of carbonyl (C=O) groups excluding carboxylic acids is 1. The minimum absolute atomic E-state index is 0.104. The van der Waals surface area contributed by atoms with Crippen molar-refractivity contribution in [1.82, 2.24) is 15.3 Å². The summed E-state index contributed by atoms with van der Waals surface area (Å²) in [6, 6.07) is 9.95. The van der Waals surface area contributed by atoms with Crippen molar-refractivity contribution in [3.05, 3.63) is 41.1 Å². The van der Waals surface area contributed by atoms with E-state index in [1.165, 1.54) is 17.3 Å². The number of benzene rings is 1. The van der Waals surface area contributed by atoms with Crippen LogP contribution in [-0.4, -0.2) is 27.0 Å². The van der Waals surface area contributed by atoms with Crippen LogP contribution in [0.4, 0.5) is 5.82 Å². The number of aromatic nitrogens is 3. The Morgan fingerprint density at radius 1 is 1.36 bits per heavy atom. The summed E-state index contributed by atoms with van der Waals surface area (Å²) in [5.74, 6) is 0.132. The number of nitrogens with one attached hydrogen (secondary N) is 1. The lowest BCUT2D eigenvalue weighted by atomic mass is 10.1. The molecule has 7 nitrogen and oxygen atoms in total. The van der Waals surface area contributed by atoms with Gasteiger partial charge in [-0.05, 0) is 42.3 Å². The van der Waals surface area contributed by atoms with Crippen LogP contribution in [0.15, 0.2) is 33.9 Å². The molecule has 126 valence electrons. The standard InChI is InChI=1S/C17H15N5O2S/c1-3-11-4-5-14-12(6-11)7-13(8-18)17(19-14)25-9-15(23)20-16-10(2)21-24-22-16/h4-7H,3,9H2,1-2H3,(H,20,22,23). The Morgan fingerprint density at radius 3 is 2.88 bits per heavy atom. The molecule has 0 fully saturated rings. The Kier molecular flexibility index (Phi) is 4.95. The van der Waals surface area contributed by atoms with Crippen LogP contribution in [0.5, 0.6) is 0 Å². The number of hydrogen-bond acceptors (Lipinski definition) is 7. The maximum atomic E-state index is 12.0. The second kappa shape index (κ2) is 7.32. The van der Waals surface area contributed by atoms with Gasteiger partial charge in [0.1, 0.15) is 16.8 Å². The maximum Gasteiger partial charge on any atom is 0.236 e. The number of fused-ring (bicyclic) bond motifs is 1. The number of thioether (sulfide) groups is 1. The highest BCUT2D eigenvalue weighted by Gasteiger charge is 2.13. The fraction of sp³-hybridized carbons (Fsp3) is 0.235. The zero-order valence-electron chi connectivity index (χ0n) is 13.7. The van der Waals surface area contributed by atoms with Gasteiger partial charge in [-0.25, -0.2) is 9.61 Å². The number of amides is 1. The van der Waals surface area contributed by atoms with E-state index in [0.717, 1.165) is 17.3 Å². The summed E-state index contributed by atoms with van der Waals surface area (Å²) in [5.41, 5.74) is 2.95. The predicted octanol–water partition coefficient (Wildman–Crippen LogP) is 3.09. The van der Waals surface area contributed by atoms with E-state index < -0.39 is 0 Å². The van der Waals surface area contributed by atoms with E-state index in [1.807, 2.05) is 24.3 Å². The van der Waals surface area contributed by atoms with Crippen molar-refractivity contribution in [2.24, 2.45) is 0 Å². The Bertz CT molecular complexity index is 977. The first-order valence-electron chi connectivity index (χ1n) is 7.66. The third-order valence-electron chi connectivity index (χ3n) is 3.62. The number of aryl methyl sites for hydroxylation is 2. The van der Waals surface area contributed by atoms with Crippen molar-refractivity contribution in [1.29, 1.82) is 5.26 Å². The van der Waals surface area contributed by atoms with E-state index in [0.29, 0.717) is 22.1 Å². The first kappa shape index (κ1) is 16.9. The molecular formula is C17H15N5O2S. The number of rotatable bonds is 5. The van der Waals surface area contributed by atoms with Crippen LogP contribution in [0.3, 0.4) is 0 Å². The molecule has 2 aromatic heterocycles. The minimum atomic E-state index is -0.268. The summed E-state index contributed by atoms with van der Waals surface area (Å²) in [7, 11) is 0. The molecule has 1 N–H and O–H groups in total. The average Bonchev–Trinajstić information content (AvgIpc) is 3.03. The number of hydrogen-bond donors (Lipinski definition) is 1. The molecule has 0 saturated carbocycles. The second-order valence-electron chi connectivity index (χ2n) is 5.37. The summed E-state index contributed by atoms with van der Waals surface area (Å²) < 4.78 is 4.54. The Labute approximate surface area is 148 Å². The molecule has 3 aromatic rings. The van der Waals surface area contributed by atoms with Crippen LogP contribution in [0.2, 0.25) is 0 Å². The molecule has 0 atom stereocenters. The lowest BCUT2D eigenvalue weighted by Crippen LogP contribution is -2.15. The van der Waals surface area contributed by atoms with E-state index in [1.54, 1.807) is 6.92 Å². The molecule has 1 aromatic carbocycles. The fourth-order valence-electron chi connectivity index (χ4n) is 2.27. The minimum Gasteiger partial charge on any atom is -0.306 e. The number of anilines is 1. The SMILES string of the molecule is CCc1ccc2nc(SCC(=O)Nc3nonc3C)c(C#N)cc2c1. The summed E-state index contributed by atoms with van der Waals surface area (Å²) >= 11 is 1.21. The molecule has 0 aliphatic heterocycles. The van der Waals surface area contributed by atoms with Crippen LogP contribution in [-0.2, 0) is 11.2 Å². The van der Waals surface area contributed by atoms with Gasteiger partial charge in [0, 0.05) is 5.39 Å². The van der Waals surface area contributed by atoms with E-state index in [2.05, 4.69) is 38.2 Å². The molecule has 0 aliphatic rings. The largest absolute Gasteiger partial charge is 0.306 e. The number of carbonyl (C=O) groups is 1. The van der Waals surface area contributed by atoms with Gasteiger partial charge >= 0.3 is 0 Å². The fourth-order valence-corrected chi connectivity index (χ4v) is 3.03. The molecule has 25 heavy (non-hydrogen) atoms. The van der Waals surface area contributed by atoms with Gasteiger partial charge in [0.25, 0.3) is 0 Å². The molecule has 0 unspecified atom stereocenters. The van der Waals surface area contributed by atoms with Crippen LogP contribution in [0.25, 0.3) is 10.9 Å². The van der Waals surface area contributed by atoms with Gasteiger partial charge in [-0.3, -0.25) is 4.79 Å². The molecular weight excluding hydrogens is 338 g/mol. The molecule has 2 heterocycles. The molecule has 0 aliphatic carbocycles. The molecule has 0 spiro atoms. The summed E-state index contributed by atoms with van der Waals surface area (Å²) in [6.07, 6.45) is 0.921. The zero-order valence-corrected chi connectivity index (χ0v) is 14.6. The molecule has 1 amide bonds. The molecule has 8 heteroatoms. The van der Waals surface area contributed by atoms with Crippen molar-refractivity contribution < 1.29 is 9.42 Å². The highest BCUT2D eigenvalue weighted by Crippen LogP contribution is 2.25. The van der Waals surface area contributed by atoms with Gasteiger partial charge in [0.05, 0.1) is 16.8 Å². The van der Waals surface area contributed by atoms with E-state index in [9.17, 15) is 10.1 Å². The van der Waals surface area contributed by atoms with Gasteiger partial charge in [-0.2, -0.15) is 5.26 Å². The lowest BCUT2D eigenvalue weighted by Gasteiger charge is -2.07. The highest BCUT2D eigenvalue weighted by atomic mass is 32.2. The number of pyridine rings is 1. The van der Waals surface area contributed by atoms with Gasteiger partial charge in [0.2, 0.25) is 5.91 Å². The van der Waals surface area contributed by atoms with Gasteiger partial charge in [-0.15, -0.1) is 0 Å².